The molecular weight excluding hydrogens is 640 g/mol. The number of carbonyl (C=O) groups is 5. The summed E-state index contributed by atoms with van der Waals surface area (Å²) in [6, 6.07) is 16.8. The molecule has 50 heavy (non-hydrogen) atoms. The first-order valence-electron chi connectivity index (χ1n) is 16.7. The molecule has 1 heterocycles. The van der Waals surface area contributed by atoms with Crippen LogP contribution in [-0.4, -0.2) is 87.5 Å². The molecule has 0 saturated heterocycles. The normalized spacial score (nSPS) is 17.6. The van der Waals surface area contributed by atoms with Crippen LogP contribution in [0.3, 0.4) is 0 Å². The van der Waals surface area contributed by atoms with Crippen molar-refractivity contribution >= 4 is 29.6 Å². The summed E-state index contributed by atoms with van der Waals surface area (Å²) in [6.45, 7) is 4.08. The summed E-state index contributed by atoms with van der Waals surface area (Å²) in [5.41, 5.74) is 2.50. The van der Waals surface area contributed by atoms with E-state index in [0.29, 0.717) is 42.9 Å². The van der Waals surface area contributed by atoms with Crippen LogP contribution >= 0.6 is 0 Å². The van der Waals surface area contributed by atoms with Gasteiger partial charge in [0, 0.05) is 36.7 Å². The summed E-state index contributed by atoms with van der Waals surface area (Å²) >= 11 is 0. The summed E-state index contributed by atoms with van der Waals surface area (Å²) in [4.78, 5) is 68.3. The summed E-state index contributed by atoms with van der Waals surface area (Å²) < 4.78 is 15.6. The van der Waals surface area contributed by atoms with Crippen LogP contribution in [0.15, 0.2) is 66.7 Å². The molecule has 3 aromatic rings. The smallest absolute Gasteiger partial charge is 0.337 e. The molecule has 1 aliphatic rings. The zero-order chi connectivity index (χ0) is 36.2. The van der Waals surface area contributed by atoms with Crippen LogP contribution in [-0.2, 0) is 27.2 Å². The lowest BCUT2D eigenvalue weighted by atomic mass is 10.00. The second-order valence-corrected chi connectivity index (χ2v) is 12.6. The van der Waals surface area contributed by atoms with Gasteiger partial charge in [-0.3, -0.25) is 19.2 Å². The van der Waals surface area contributed by atoms with Crippen LogP contribution in [0.5, 0.6) is 11.5 Å². The minimum atomic E-state index is -0.967. The van der Waals surface area contributed by atoms with Crippen LogP contribution in [0, 0.1) is 5.92 Å². The second-order valence-electron chi connectivity index (χ2n) is 12.6. The van der Waals surface area contributed by atoms with Crippen molar-refractivity contribution < 1.29 is 38.2 Å². The van der Waals surface area contributed by atoms with Crippen molar-refractivity contribution in [3.05, 3.63) is 94.5 Å². The van der Waals surface area contributed by atoms with Crippen molar-refractivity contribution in [1.82, 2.24) is 20.9 Å². The molecule has 0 radical (unpaired) electrons. The summed E-state index contributed by atoms with van der Waals surface area (Å²) in [6.07, 6.45) is 1.73. The Bertz CT molecular complexity index is 1660. The van der Waals surface area contributed by atoms with Gasteiger partial charge in [0.05, 0.1) is 33.4 Å². The number of ether oxygens (including phenoxy) is 3. The molecule has 4 rings (SSSR count). The highest BCUT2D eigenvalue weighted by molar-refractivity contribution is 5.99. The van der Waals surface area contributed by atoms with Crippen molar-refractivity contribution in [2.45, 2.75) is 51.6 Å². The molecule has 2 atom stereocenters. The standard InChI is InChI=1S/C38H46N4O8/c1-24(2)19-30-22-42(37(46)26-10-12-27(13-11-26)38(47)50-5)23-34(43)39-18-6-7-28-21-29(14-17-33(28)49-4)35(44)41-32(36(45)40-30)20-25-8-15-31(48-3)16-9-25/h8-17,21,24,30,32H,6-7,18-20,22-23H2,1-5H3,(H,39,43)(H,40,45)(H,41,44)/t30-,32-/m0/s1. The van der Waals surface area contributed by atoms with Gasteiger partial charge in [-0.2, -0.15) is 0 Å². The zero-order valence-corrected chi connectivity index (χ0v) is 29.2. The number of aryl methyl sites for hydroxylation is 1. The van der Waals surface area contributed by atoms with Gasteiger partial charge in [0.15, 0.2) is 0 Å². The van der Waals surface area contributed by atoms with E-state index in [4.69, 9.17) is 14.2 Å². The molecule has 266 valence electrons. The fourth-order valence-electron chi connectivity index (χ4n) is 5.88. The lowest BCUT2D eigenvalue weighted by molar-refractivity contribution is -0.123. The molecule has 0 aromatic heterocycles. The number of rotatable bonds is 8. The van der Waals surface area contributed by atoms with Crippen molar-refractivity contribution in [2.24, 2.45) is 5.92 Å². The topological polar surface area (TPSA) is 152 Å². The predicted octanol–water partition coefficient (Wildman–Crippen LogP) is 3.57. The maximum atomic E-state index is 14.1. The van der Waals surface area contributed by atoms with Gasteiger partial charge in [-0.15, -0.1) is 0 Å². The van der Waals surface area contributed by atoms with Crippen molar-refractivity contribution in [3.63, 3.8) is 0 Å². The molecule has 3 aromatic carbocycles. The quantitative estimate of drug-likeness (QED) is 0.305. The minimum absolute atomic E-state index is 0.0239. The summed E-state index contributed by atoms with van der Waals surface area (Å²) in [5, 5.41) is 8.91. The van der Waals surface area contributed by atoms with Gasteiger partial charge >= 0.3 is 5.97 Å². The van der Waals surface area contributed by atoms with E-state index in [9.17, 15) is 24.0 Å². The largest absolute Gasteiger partial charge is 0.497 e. The number of nitrogens with zero attached hydrogens (tertiary/aromatic N) is 1. The number of hydrogen-bond acceptors (Lipinski definition) is 8. The van der Waals surface area contributed by atoms with Gasteiger partial charge < -0.3 is 35.1 Å². The van der Waals surface area contributed by atoms with Crippen molar-refractivity contribution in [2.75, 3.05) is 41.0 Å². The SMILES string of the molecule is COC(=O)c1ccc(C(=O)N2CC(=O)NCCCc3cc(ccc3OC)C(=O)N[C@@H](Cc3ccc(OC)cc3)C(=O)N[C@@H](CC(C)C)C2)cc1. The number of carbonyl (C=O) groups excluding carboxylic acids is 5. The van der Waals surface area contributed by atoms with Crippen molar-refractivity contribution in [3.8, 4) is 11.5 Å². The molecule has 0 saturated carbocycles. The van der Waals surface area contributed by atoms with Crippen LogP contribution in [0.25, 0.3) is 0 Å². The predicted molar refractivity (Wildman–Crippen MR) is 187 cm³/mol. The number of methoxy groups -OCH3 is 3. The fourth-order valence-corrected chi connectivity index (χ4v) is 5.88. The Morgan fingerprint density at radius 1 is 0.880 bits per heavy atom. The lowest BCUT2D eigenvalue weighted by Crippen LogP contribution is -2.54. The highest BCUT2D eigenvalue weighted by atomic mass is 16.5. The molecule has 0 unspecified atom stereocenters. The Morgan fingerprint density at radius 3 is 2.22 bits per heavy atom. The van der Waals surface area contributed by atoms with Crippen LogP contribution < -0.4 is 25.4 Å². The van der Waals surface area contributed by atoms with E-state index < -0.39 is 35.8 Å². The number of amides is 4. The van der Waals surface area contributed by atoms with Gasteiger partial charge in [-0.25, -0.2) is 4.79 Å². The monoisotopic (exact) mass is 686 g/mol. The number of fused-ring (bicyclic) bond motifs is 2. The molecule has 0 fully saturated rings. The number of esters is 1. The van der Waals surface area contributed by atoms with Crippen LogP contribution in [0.1, 0.15) is 68.9 Å². The van der Waals surface area contributed by atoms with Gasteiger partial charge in [-0.1, -0.05) is 26.0 Å². The van der Waals surface area contributed by atoms with Gasteiger partial charge in [-0.05, 0) is 90.9 Å². The van der Waals surface area contributed by atoms with E-state index in [1.54, 1.807) is 44.6 Å². The second kappa shape index (κ2) is 17.8. The Kier molecular flexibility index (Phi) is 13.4. The molecule has 12 nitrogen and oxygen atoms in total. The lowest BCUT2D eigenvalue weighted by Gasteiger charge is -2.30. The van der Waals surface area contributed by atoms with E-state index in [2.05, 4.69) is 16.0 Å². The third-order valence-electron chi connectivity index (χ3n) is 8.43. The number of hydrogen-bond donors (Lipinski definition) is 3. The molecule has 0 aliphatic carbocycles. The zero-order valence-electron chi connectivity index (χ0n) is 29.2. The summed E-state index contributed by atoms with van der Waals surface area (Å²) in [7, 11) is 4.39. The molecule has 4 amide bonds. The molecular formula is C38H46N4O8. The number of nitrogens with one attached hydrogen (secondary N) is 3. The Morgan fingerprint density at radius 2 is 1.58 bits per heavy atom. The molecule has 12 heteroatoms. The Hall–Kier alpha value is -5.39. The maximum Gasteiger partial charge on any atom is 0.337 e. The van der Waals surface area contributed by atoms with Gasteiger partial charge in [0.25, 0.3) is 11.8 Å². The molecule has 3 N–H and O–H groups in total. The Labute approximate surface area is 292 Å². The van der Waals surface area contributed by atoms with Crippen LogP contribution in [0.4, 0.5) is 0 Å². The van der Waals surface area contributed by atoms with E-state index in [0.717, 1.165) is 11.1 Å². The third-order valence-corrected chi connectivity index (χ3v) is 8.43. The Balaban J connectivity index is 1.70. The molecule has 2 bridgehead atoms. The third kappa shape index (κ3) is 10.3. The average Bonchev–Trinajstić information content (AvgIpc) is 3.11. The van der Waals surface area contributed by atoms with E-state index in [1.165, 1.54) is 36.3 Å². The van der Waals surface area contributed by atoms with E-state index in [1.807, 2.05) is 26.0 Å². The summed E-state index contributed by atoms with van der Waals surface area (Å²) in [5.74, 6) is -0.821. The highest BCUT2D eigenvalue weighted by Crippen LogP contribution is 2.22. The number of benzene rings is 3. The highest BCUT2D eigenvalue weighted by Gasteiger charge is 2.29. The van der Waals surface area contributed by atoms with E-state index in [-0.39, 0.29) is 42.5 Å². The van der Waals surface area contributed by atoms with E-state index >= 15 is 0 Å². The van der Waals surface area contributed by atoms with Gasteiger partial charge in [0.2, 0.25) is 11.8 Å². The van der Waals surface area contributed by atoms with Crippen LogP contribution in [0.2, 0.25) is 0 Å². The molecule has 0 spiro atoms. The van der Waals surface area contributed by atoms with Crippen molar-refractivity contribution in [1.29, 1.82) is 0 Å². The average molecular weight is 687 g/mol. The molecule has 1 aliphatic heterocycles. The first kappa shape index (κ1) is 37.4. The maximum absolute atomic E-state index is 14.1. The minimum Gasteiger partial charge on any atom is -0.497 e. The van der Waals surface area contributed by atoms with Gasteiger partial charge in [0.1, 0.15) is 17.5 Å². The first-order chi connectivity index (χ1) is 24.0. The fraction of sp³-hybridized carbons (Fsp3) is 0.395. The first-order valence-corrected chi connectivity index (χ1v) is 16.7.